The molecule has 0 spiro atoms. The number of carbonyl (C=O) groups is 1. The number of anilines is 2. The third-order valence-electron chi connectivity index (χ3n) is 7.51. The second-order valence-electron chi connectivity index (χ2n) is 10.7. The third kappa shape index (κ3) is 7.96. The number of rotatable bonds is 15. The number of H-pyrrole nitrogens is 1. The van der Waals surface area contributed by atoms with E-state index in [2.05, 4.69) is 35.4 Å². The molecule has 2 N–H and O–H groups in total. The van der Waals surface area contributed by atoms with Crippen molar-refractivity contribution in [1.29, 1.82) is 0 Å². The molecule has 0 aliphatic carbocycles. The highest BCUT2D eigenvalue weighted by Gasteiger charge is 2.25. The van der Waals surface area contributed by atoms with Crippen molar-refractivity contribution in [2.45, 2.75) is 25.8 Å². The number of amides is 1. The molecular weight excluding hydrogens is 560 g/mol. The van der Waals surface area contributed by atoms with E-state index in [1.807, 2.05) is 59.6 Å². The van der Waals surface area contributed by atoms with Crippen LogP contribution in [0.2, 0.25) is 0 Å². The highest BCUT2D eigenvalue weighted by atomic mass is 16.9. The number of hydrogen-bond donors (Lipinski definition) is 2. The summed E-state index contributed by atoms with van der Waals surface area (Å²) < 4.78 is 16.6. The fourth-order valence-electron chi connectivity index (χ4n) is 5.20. The summed E-state index contributed by atoms with van der Waals surface area (Å²) in [4.78, 5) is 30.5. The van der Waals surface area contributed by atoms with Crippen LogP contribution in [0.5, 0.6) is 5.75 Å². The molecule has 5 rings (SSSR count). The van der Waals surface area contributed by atoms with Crippen molar-refractivity contribution in [3.05, 3.63) is 78.5 Å². The van der Waals surface area contributed by atoms with Crippen molar-refractivity contribution in [3.63, 3.8) is 0 Å². The number of fused-ring (bicyclic) bond motifs is 2. The molecule has 1 aromatic heterocycles. The van der Waals surface area contributed by atoms with Gasteiger partial charge in [-0.15, -0.1) is 0 Å². The maximum Gasteiger partial charge on any atom is 0.258 e. The Morgan fingerprint density at radius 1 is 0.932 bits per heavy atom. The Hall–Kier alpha value is -3.93. The van der Waals surface area contributed by atoms with Gasteiger partial charge in [-0.3, -0.25) is 14.5 Å². The average molecular weight is 603 g/mol. The molecule has 44 heavy (non-hydrogen) atoms. The summed E-state index contributed by atoms with van der Waals surface area (Å²) >= 11 is 0. The van der Waals surface area contributed by atoms with E-state index in [0.717, 1.165) is 39.8 Å². The SMILES string of the molecule is COCCON(CCCOc1cc(C(=O)N2CC[C@H](C)Nc3ccccc32)ccc1-c1ccc2[nH]ccc2c1)OCCOC. The molecule has 0 saturated carbocycles. The summed E-state index contributed by atoms with van der Waals surface area (Å²) in [5.41, 5.74) is 5.41. The van der Waals surface area contributed by atoms with Crippen LogP contribution in [0.3, 0.4) is 0 Å². The van der Waals surface area contributed by atoms with Gasteiger partial charge in [0.1, 0.15) is 5.75 Å². The van der Waals surface area contributed by atoms with Gasteiger partial charge in [-0.2, -0.15) is 0 Å². The molecule has 2 heterocycles. The predicted octanol–water partition coefficient (Wildman–Crippen LogP) is 5.91. The van der Waals surface area contributed by atoms with Gasteiger partial charge in [0.15, 0.2) is 0 Å². The Morgan fingerprint density at radius 3 is 2.52 bits per heavy atom. The monoisotopic (exact) mass is 602 g/mol. The number of aromatic amines is 1. The molecule has 0 unspecified atom stereocenters. The second kappa shape index (κ2) is 15.7. The van der Waals surface area contributed by atoms with E-state index in [9.17, 15) is 4.79 Å². The van der Waals surface area contributed by atoms with Gasteiger partial charge in [0.2, 0.25) is 0 Å². The lowest BCUT2D eigenvalue weighted by atomic mass is 10.0. The average Bonchev–Trinajstić information content (AvgIpc) is 3.44. The summed E-state index contributed by atoms with van der Waals surface area (Å²) in [5.74, 6) is 0.586. The van der Waals surface area contributed by atoms with Crippen molar-refractivity contribution in [1.82, 2.24) is 10.2 Å². The number of nitrogens with zero attached hydrogens (tertiary/aromatic N) is 2. The highest BCUT2D eigenvalue weighted by Crippen LogP contribution is 2.35. The number of para-hydroxylation sites is 2. The zero-order valence-corrected chi connectivity index (χ0v) is 25.7. The maximum atomic E-state index is 14.0. The van der Waals surface area contributed by atoms with E-state index in [-0.39, 0.29) is 11.9 Å². The van der Waals surface area contributed by atoms with Gasteiger partial charge in [-0.05, 0) is 79.2 Å². The Bertz CT molecular complexity index is 1500. The van der Waals surface area contributed by atoms with Gasteiger partial charge in [-0.1, -0.05) is 23.4 Å². The summed E-state index contributed by atoms with van der Waals surface area (Å²) in [6.07, 6.45) is 3.39. The second-order valence-corrected chi connectivity index (χ2v) is 10.7. The molecule has 1 atom stereocenters. The largest absolute Gasteiger partial charge is 0.493 e. The molecule has 234 valence electrons. The standard InChI is InChI=1S/C34H42N4O6/c1-25-14-17-37(32-8-5-4-7-31(32)36-25)34(39)28-9-11-29(26-10-12-30-27(23-26)13-15-35-30)33(24-28)42-18-6-16-38(43-21-19-40-2)44-22-20-41-3/h4-5,7-13,15,23-25,35-36H,6,14,16-22H2,1-3H3/t25-/m0/s1. The Labute approximate surface area is 258 Å². The van der Waals surface area contributed by atoms with Gasteiger partial charge in [0.05, 0.1) is 51.0 Å². The van der Waals surface area contributed by atoms with Crippen molar-refractivity contribution in [2.24, 2.45) is 0 Å². The first-order chi connectivity index (χ1) is 21.6. The van der Waals surface area contributed by atoms with Crippen LogP contribution in [0, 0.1) is 0 Å². The van der Waals surface area contributed by atoms with Crippen LogP contribution in [0.1, 0.15) is 30.1 Å². The van der Waals surface area contributed by atoms with Gasteiger partial charge >= 0.3 is 0 Å². The number of ether oxygens (including phenoxy) is 3. The van der Waals surface area contributed by atoms with E-state index >= 15 is 0 Å². The number of carbonyl (C=O) groups excluding carboxylic acids is 1. The number of aromatic nitrogens is 1. The Kier molecular flexibility index (Phi) is 11.2. The van der Waals surface area contributed by atoms with Gasteiger partial charge < -0.3 is 29.4 Å². The molecule has 0 fully saturated rings. The lowest BCUT2D eigenvalue weighted by Crippen LogP contribution is -2.32. The zero-order chi connectivity index (χ0) is 30.7. The van der Waals surface area contributed by atoms with Crippen LogP contribution in [0.25, 0.3) is 22.0 Å². The van der Waals surface area contributed by atoms with Gasteiger partial charge in [0, 0.05) is 49.6 Å². The first kappa shape index (κ1) is 31.5. The van der Waals surface area contributed by atoms with Crippen LogP contribution in [0.4, 0.5) is 11.4 Å². The Morgan fingerprint density at radius 2 is 1.73 bits per heavy atom. The summed E-state index contributed by atoms with van der Waals surface area (Å²) in [5, 5.41) is 6.09. The number of hydroxylamine groups is 2. The molecular formula is C34H42N4O6. The molecule has 0 saturated heterocycles. The quantitative estimate of drug-likeness (QED) is 0.128. The molecule has 0 radical (unpaired) electrons. The molecule has 4 aromatic rings. The fraction of sp³-hybridized carbons (Fsp3) is 0.382. The zero-order valence-electron chi connectivity index (χ0n) is 25.7. The molecule has 1 amide bonds. The van der Waals surface area contributed by atoms with Gasteiger partial charge in [-0.25, -0.2) is 0 Å². The van der Waals surface area contributed by atoms with E-state index < -0.39 is 0 Å². The minimum absolute atomic E-state index is 0.0601. The van der Waals surface area contributed by atoms with Crippen LogP contribution in [-0.4, -0.2) is 82.5 Å². The summed E-state index contributed by atoms with van der Waals surface area (Å²) in [6.45, 7) is 5.27. The number of benzene rings is 3. The number of methoxy groups -OCH3 is 2. The van der Waals surface area contributed by atoms with E-state index in [1.165, 1.54) is 5.23 Å². The minimum atomic E-state index is -0.0601. The van der Waals surface area contributed by atoms with E-state index in [4.69, 9.17) is 23.9 Å². The van der Waals surface area contributed by atoms with E-state index in [1.54, 1.807) is 14.2 Å². The van der Waals surface area contributed by atoms with E-state index in [0.29, 0.717) is 63.9 Å². The van der Waals surface area contributed by atoms with Crippen molar-refractivity contribution >= 4 is 28.2 Å². The van der Waals surface area contributed by atoms with Crippen LogP contribution < -0.4 is 15.0 Å². The maximum absolute atomic E-state index is 14.0. The molecule has 1 aliphatic rings. The summed E-state index contributed by atoms with van der Waals surface area (Å²) in [6, 6.07) is 22.3. The lowest BCUT2D eigenvalue weighted by molar-refractivity contribution is -0.372. The minimum Gasteiger partial charge on any atom is -0.493 e. The molecule has 0 bridgehead atoms. The van der Waals surface area contributed by atoms with Crippen LogP contribution in [-0.2, 0) is 19.1 Å². The highest BCUT2D eigenvalue weighted by molar-refractivity contribution is 6.08. The molecule has 3 aromatic carbocycles. The molecule has 10 heteroatoms. The first-order valence-corrected chi connectivity index (χ1v) is 15.1. The predicted molar refractivity (Wildman–Crippen MR) is 172 cm³/mol. The lowest BCUT2D eigenvalue weighted by Gasteiger charge is -2.23. The smallest absolute Gasteiger partial charge is 0.258 e. The fourth-order valence-corrected chi connectivity index (χ4v) is 5.20. The van der Waals surface area contributed by atoms with Gasteiger partial charge in [0.25, 0.3) is 5.91 Å². The Balaban J connectivity index is 1.37. The topological polar surface area (TPSA) is 97.5 Å². The normalized spacial score (nSPS) is 14.8. The summed E-state index contributed by atoms with van der Waals surface area (Å²) in [7, 11) is 3.25. The van der Waals surface area contributed by atoms with Crippen molar-refractivity contribution in [2.75, 3.05) is 70.6 Å². The van der Waals surface area contributed by atoms with Crippen molar-refractivity contribution < 1.29 is 28.7 Å². The number of nitrogens with one attached hydrogen (secondary N) is 2. The molecule has 1 aliphatic heterocycles. The molecule has 10 nitrogen and oxygen atoms in total. The van der Waals surface area contributed by atoms with Crippen LogP contribution >= 0.6 is 0 Å². The third-order valence-corrected chi connectivity index (χ3v) is 7.51. The van der Waals surface area contributed by atoms with Crippen molar-refractivity contribution in [3.8, 4) is 16.9 Å². The van der Waals surface area contributed by atoms with Crippen LogP contribution in [0.15, 0.2) is 72.9 Å². The first-order valence-electron chi connectivity index (χ1n) is 15.1. The number of hydrogen-bond acceptors (Lipinski definition) is 8.